The molecule has 1 aromatic heterocycles. The standard InChI is InChI=1S/C12H18BrNOS/c1-15-5-4-14-9-12(2-3-12)7-11-6-10(13)8-16-11/h6,8,14H,2-5,7,9H2,1H3. The topological polar surface area (TPSA) is 21.3 Å². The van der Waals surface area contributed by atoms with Crippen molar-refractivity contribution in [2.45, 2.75) is 19.3 Å². The molecule has 0 aromatic carbocycles. The molecule has 1 aliphatic rings. The van der Waals surface area contributed by atoms with Crippen molar-refractivity contribution in [1.29, 1.82) is 0 Å². The summed E-state index contributed by atoms with van der Waals surface area (Å²) in [6.45, 7) is 2.90. The van der Waals surface area contributed by atoms with E-state index in [-0.39, 0.29) is 0 Å². The van der Waals surface area contributed by atoms with Gasteiger partial charge in [-0.05, 0) is 46.7 Å². The maximum Gasteiger partial charge on any atom is 0.0587 e. The lowest BCUT2D eigenvalue weighted by Crippen LogP contribution is -2.28. The molecule has 0 aliphatic heterocycles. The SMILES string of the molecule is COCCNCC1(Cc2cc(Br)cs2)CC1. The predicted octanol–water partition coefficient (Wildman–Crippen LogP) is 3.07. The van der Waals surface area contributed by atoms with Crippen molar-refractivity contribution in [3.63, 3.8) is 0 Å². The number of ether oxygens (including phenoxy) is 1. The highest BCUT2D eigenvalue weighted by atomic mass is 79.9. The van der Waals surface area contributed by atoms with Crippen molar-refractivity contribution >= 4 is 27.3 Å². The van der Waals surface area contributed by atoms with Gasteiger partial charge in [0, 0.05) is 34.9 Å². The van der Waals surface area contributed by atoms with Gasteiger partial charge in [0.15, 0.2) is 0 Å². The molecule has 1 fully saturated rings. The lowest BCUT2D eigenvalue weighted by atomic mass is 10.0. The lowest BCUT2D eigenvalue weighted by Gasteiger charge is -2.14. The van der Waals surface area contributed by atoms with Gasteiger partial charge in [-0.25, -0.2) is 0 Å². The van der Waals surface area contributed by atoms with Gasteiger partial charge in [0.2, 0.25) is 0 Å². The van der Waals surface area contributed by atoms with E-state index in [0.717, 1.165) is 19.7 Å². The Labute approximate surface area is 110 Å². The molecule has 0 bridgehead atoms. The number of hydrogen-bond donors (Lipinski definition) is 1. The van der Waals surface area contributed by atoms with Crippen LogP contribution in [0.25, 0.3) is 0 Å². The molecule has 1 N–H and O–H groups in total. The summed E-state index contributed by atoms with van der Waals surface area (Å²) < 4.78 is 6.25. The fourth-order valence-corrected chi connectivity index (χ4v) is 3.56. The van der Waals surface area contributed by atoms with Crippen LogP contribution in [0.5, 0.6) is 0 Å². The minimum absolute atomic E-state index is 0.540. The van der Waals surface area contributed by atoms with Crippen molar-refractivity contribution in [3.05, 3.63) is 20.8 Å². The predicted molar refractivity (Wildman–Crippen MR) is 72.1 cm³/mol. The fourth-order valence-electron chi connectivity index (χ4n) is 1.94. The first kappa shape index (κ1) is 12.6. The third-order valence-corrected chi connectivity index (χ3v) is 4.81. The normalized spacial score (nSPS) is 17.6. The minimum Gasteiger partial charge on any atom is -0.383 e. The van der Waals surface area contributed by atoms with E-state index in [1.165, 1.54) is 28.6 Å². The molecule has 16 heavy (non-hydrogen) atoms. The maximum atomic E-state index is 5.03. The molecule has 1 aliphatic carbocycles. The fraction of sp³-hybridized carbons (Fsp3) is 0.667. The Balaban J connectivity index is 1.75. The van der Waals surface area contributed by atoms with E-state index in [4.69, 9.17) is 4.74 Å². The molecular weight excluding hydrogens is 286 g/mol. The van der Waals surface area contributed by atoms with E-state index in [9.17, 15) is 0 Å². The van der Waals surface area contributed by atoms with Crippen LogP contribution in [0.2, 0.25) is 0 Å². The molecule has 0 radical (unpaired) electrons. The van der Waals surface area contributed by atoms with Crippen LogP contribution in [0.3, 0.4) is 0 Å². The largest absolute Gasteiger partial charge is 0.383 e. The smallest absolute Gasteiger partial charge is 0.0587 e. The molecule has 0 unspecified atom stereocenters. The minimum atomic E-state index is 0.540. The van der Waals surface area contributed by atoms with Crippen molar-refractivity contribution in [2.24, 2.45) is 5.41 Å². The molecule has 4 heteroatoms. The zero-order chi connectivity index (χ0) is 11.4. The number of halogens is 1. The van der Waals surface area contributed by atoms with E-state index in [1.54, 1.807) is 7.11 Å². The third-order valence-electron chi connectivity index (χ3n) is 3.11. The monoisotopic (exact) mass is 303 g/mol. The average Bonchev–Trinajstić information content (AvgIpc) is 2.90. The number of nitrogens with one attached hydrogen (secondary N) is 1. The quantitative estimate of drug-likeness (QED) is 0.782. The van der Waals surface area contributed by atoms with Crippen LogP contribution in [0.15, 0.2) is 15.9 Å². The van der Waals surface area contributed by atoms with Gasteiger partial charge in [-0.1, -0.05) is 0 Å². The van der Waals surface area contributed by atoms with Crippen LogP contribution >= 0.6 is 27.3 Å². The molecule has 2 rings (SSSR count). The second-order valence-electron chi connectivity index (χ2n) is 4.58. The van der Waals surface area contributed by atoms with Crippen LogP contribution < -0.4 is 5.32 Å². The van der Waals surface area contributed by atoms with Crippen LogP contribution in [0, 0.1) is 5.41 Å². The van der Waals surface area contributed by atoms with Gasteiger partial charge in [-0.2, -0.15) is 0 Å². The Bertz CT molecular complexity index is 336. The second-order valence-corrected chi connectivity index (χ2v) is 6.49. The van der Waals surface area contributed by atoms with Crippen LogP contribution in [-0.2, 0) is 11.2 Å². The molecule has 1 heterocycles. The summed E-state index contributed by atoms with van der Waals surface area (Å²) in [6.07, 6.45) is 3.95. The van der Waals surface area contributed by atoms with Crippen molar-refractivity contribution in [2.75, 3.05) is 26.8 Å². The highest BCUT2D eigenvalue weighted by Crippen LogP contribution is 2.48. The van der Waals surface area contributed by atoms with Gasteiger partial charge >= 0.3 is 0 Å². The summed E-state index contributed by atoms with van der Waals surface area (Å²) in [4.78, 5) is 1.50. The Hall–Kier alpha value is 0.1000. The first-order valence-electron chi connectivity index (χ1n) is 5.67. The van der Waals surface area contributed by atoms with Crippen LogP contribution in [0.4, 0.5) is 0 Å². The molecule has 2 nitrogen and oxygen atoms in total. The Morgan fingerprint density at radius 2 is 2.38 bits per heavy atom. The molecule has 0 spiro atoms. The van der Waals surface area contributed by atoms with Crippen molar-refractivity contribution in [3.8, 4) is 0 Å². The van der Waals surface area contributed by atoms with E-state index < -0.39 is 0 Å². The van der Waals surface area contributed by atoms with Crippen LogP contribution in [-0.4, -0.2) is 26.8 Å². The first-order chi connectivity index (χ1) is 7.74. The number of thiophene rings is 1. The summed E-state index contributed by atoms with van der Waals surface area (Å²) in [5.74, 6) is 0. The Morgan fingerprint density at radius 3 is 2.94 bits per heavy atom. The molecule has 1 saturated carbocycles. The van der Waals surface area contributed by atoms with E-state index >= 15 is 0 Å². The number of hydrogen-bond acceptors (Lipinski definition) is 3. The van der Waals surface area contributed by atoms with Gasteiger partial charge in [-0.3, -0.25) is 0 Å². The average molecular weight is 304 g/mol. The summed E-state index contributed by atoms with van der Waals surface area (Å²) in [6, 6.07) is 2.25. The number of methoxy groups -OCH3 is 1. The van der Waals surface area contributed by atoms with Gasteiger partial charge in [0.1, 0.15) is 0 Å². The second kappa shape index (κ2) is 5.63. The van der Waals surface area contributed by atoms with Gasteiger partial charge < -0.3 is 10.1 Å². The van der Waals surface area contributed by atoms with Crippen molar-refractivity contribution < 1.29 is 4.74 Å². The summed E-state index contributed by atoms with van der Waals surface area (Å²) in [7, 11) is 1.75. The summed E-state index contributed by atoms with van der Waals surface area (Å²) in [5, 5.41) is 5.65. The molecule has 0 amide bonds. The number of rotatable bonds is 7. The van der Waals surface area contributed by atoms with E-state index in [1.807, 2.05) is 11.3 Å². The first-order valence-corrected chi connectivity index (χ1v) is 7.34. The Morgan fingerprint density at radius 1 is 1.56 bits per heavy atom. The highest BCUT2D eigenvalue weighted by molar-refractivity contribution is 9.10. The highest BCUT2D eigenvalue weighted by Gasteiger charge is 2.42. The van der Waals surface area contributed by atoms with Crippen LogP contribution in [0.1, 0.15) is 17.7 Å². The van der Waals surface area contributed by atoms with E-state index in [0.29, 0.717) is 5.41 Å². The third kappa shape index (κ3) is 3.55. The zero-order valence-corrected chi connectivity index (χ0v) is 12.0. The summed E-state index contributed by atoms with van der Waals surface area (Å²) in [5.41, 5.74) is 0.540. The van der Waals surface area contributed by atoms with Gasteiger partial charge in [0.05, 0.1) is 6.61 Å². The summed E-state index contributed by atoms with van der Waals surface area (Å²) >= 11 is 5.37. The van der Waals surface area contributed by atoms with Gasteiger partial charge in [0.25, 0.3) is 0 Å². The molecular formula is C12H18BrNOS. The maximum absolute atomic E-state index is 5.03. The Kier molecular flexibility index (Phi) is 4.41. The molecule has 90 valence electrons. The zero-order valence-electron chi connectivity index (χ0n) is 9.59. The van der Waals surface area contributed by atoms with Gasteiger partial charge in [-0.15, -0.1) is 11.3 Å². The molecule has 1 aromatic rings. The van der Waals surface area contributed by atoms with Crippen molar-refractivity contribution in [1.82, 2.24) is 5.32 Å². The lowest BCUT2D eigenvalue weighted by molar-refractivity contribution is 0.197. The molecule has 0 atom stereocenters. The van der Waals surface area contributed by atoms with E-state index in [2.05, 4.69) is 32.7 Å². The molecule has 0 saturated heterocycles.